The third-order valence-electron chi connectivity index (χ3n) is 9.39. The largest absolute Gasteiger partial charge is 0.0590 e. The minimum Gasteiger partial charge on any atom is -0.0590 e. The molecule has 214 valence electrons. The number of aryl methyl sites for hydroxylation is 6. The maximum absolute atomic E-state index is 2.54. The highest BCUT2D eigenvalue weighted by molar-refractivity contribution is 5.54. The highest BCUT2D eigenvalue weighted by Crippen LogP contribution is 2.37. The van der Waals surface area contributed by atoms with E-state index in [2.05, 4.69) is 130 Å². The molecule has 0 fully saturated rings. The Balaban J connectivity index is 1.69. The van der Waals surface area contributed by atoms with E-state index in [-0.39, 0.29) is 10.8 Å². The number of fused-ring (bicyclic) bond motifs is 2. The van der Waals surface area contributed by atoms with Crippen LogP contribution in [0, 0.1) is 27.7 Å². The van der Waals surface area contributed by atoms with Crippen LogP contribution in [0.1, 0.15) is 119 Å². The third kappa shape index (κ3) is 6.38. The van der Waals surface area contributed by atoms with Crippen LogP contribution in [0.15, 0.2) is 60.7 Å². The first kappa shape index (κ1) is 29.4. The Morgan fingerprint density at radius 1 is 0.488 bits per heavy atom. The maximum atomic E-state index is 2.54. The van der Waals surface area contributed by atoms with E-state index in [1.165, 1.54) is 55.6 Å². The van der Waals surface area contributed by atoms with Crippen molar-refractivity contribution in [1.82, 2.24) is 0 Å². The first-order valence-electron chi connectivity index (χ1n) is 15.6. The zero-order valence-electron chi connectivity index (χ0n) is 27.3. The van der Waals surface area contributed by atoms with Gasteiger partial charge in [-0.2, -0.15) is 0 Å². The van der Waals surface area contributed by atoms with E-state index >= 15 is 0 Å². The Kier molecular flexibility index (Phi) is 7.84. The van der Waals surface area contributed by atoms with Crippen LogP contribution in [-0.4, -0.2) is 0 Å². The highest BCUT2D eigenvalue weighted by atomic mass is 14.3. The van der Waals surface area contributed by atoms with E-state index in [0.717, 1.165) is 32.1 Å². The second-order valence-corrected chi connectivity index (χ2v) is 14.9. The fraction of sp³-hybridized carbons (Fsp3) is 0.415. The predicted molar refractivity (Wildman–Crippen MR) is 178 cm³/mol. The molecule has 0 saturated heterocycles. The fourth-order valence-corrected chi connectivity index (χ4v) is 6.51. The van der Waals surface area contributed by atoms with Crippen molar-refractivity contribution in [2.24, 2.45) is 0 Å². The normalized spacial score (nSPS) is 13.5. The highest BCUT2D eigenvalue weighted by Gasteiger charge is 2.26. The summed E-state index contributed by atoms with van der Waals surface area (Å²) in [7, 11) is 0. The van der Waals surface area contributed by atoms with Crippen molar-refractivity contribution in [2.45, 2.75) is 112 Å². The Bertz CT molecular complexity index is 1480. The molecular formula is C41H50. The van der Waals surface area contributed by atoms with Gasteiger partial charge in [0, 0.05) is 0 Å². The molecule has 0 radical (unpaired) electrons. The minimum atomic E-state index is 0.123. The molecule has 0 saturated carbocycles. The number of rotatable bonds is 4. The molecule has 0 heterocycles. The van der Waals surface area contributed by atoms with Crippen LogP contribution in [0.5, 0.6) is 0 Å². The topological polar surface area (TPSA) is 0 Å². The molecule has 0 nitrogen and oxygen atoms in total. The van der Waals surface area contributed by atoms with E-state index in [1.807, 2.05) is 0 Å². The SMILES string of the molecule is Cc1ccc(C)c(Cc2cc(C(C)(C)C)cc3c2Cc2c(cc(C(C)(C)C)cc2Cc2cc(C)ccc2C)CC3)c1. The van der Waals surface area contributed by atoms with Crippen molar-refractivity contribution in [3.63, 3.8) is 0 Å². The van der Waals surface area contributed by atoms with Gasteiger partial charge in [0.15, 0.2) is 0 Å². The van der Waals surface area contributed by atoms with Crippen molar-refractivity contribution < 1.29 is 0 Å². The van der Waals surface area contributed by atoms with Gasteiger partial charge < -0.3 is 0 Å². The molecule has 41 heavy (non-hydrogen) atoms. The van der Waals surface area contributed by atoms with Crippen LogP contribution >= 0.6 is 0 Å². The fourth-order valence-electron chi connectivity index (χ4n) is 6.51. The molecule has 4 aromatic carbocycles. The quantitative estimate of drug-likeness (QED) is 0.241. The van der Waals surface area contributed by atoms with Crippen LogP contribution in [0.3, 0.4) is 0 Å². The van der Waals surface area contributed by atoms with E-state index in [4.69, 9.17) is 0 Å². The molecule has 0 bridgehead atoms. The maximum Gasteiger partial charge on any atom is -0.00146 e. The molecule has 1 aliphatic carbocycles. The monoisotopic (exact) mass is 542 g/mol. The van der Waals surface area contributed by atoms with E-state index in [0.29, 0.717) is 0 Å². The van der Waals surface area contributed by atoms with Crippen LogP contribution in [0.2, 0.25) is 0 Å². The van der Waals surface area contributed by atoms with Gasteiger partial charge in [-0.25, -0.2) is 0 Å². The van der Waals surface area contributed by atoms with E-state index < -0.39 is 0 Å². The molecule has 0 heteroatoms. The third-order valence-corrected chi connectivity index (χ3v) is 9.39. The summed E-state index contributed by atoms with van der Waals surface area (Å²) in [6.45, 7) is 23.1. The summed E-state index contributed by atoms with van der Waals surface area (Å²) in [4.78, 5) is 0. The Morgan fingerprint density at radius 3 is 1.24 bits per heavy atom. The van der Waals surface area contributed by atoms with Gasteiger partial charge in [0.1, 0.15) is 0 Å². The molecule has 0 atom stereocenters. The van der Waals surface area contributed by atoms with Gasteiger partial charge in [0.05, 0.1) is 0 Å². The van der Waals surface area contributed by atoms with Crippen molar-refractivity contribution in [3.05, 3.63) is 139 Å². The molecular weight excluding hydrogens is 492 g/mol. The van der Waals surface area contributed by atoms with E-state index in [9.17, 15) is 0 Å². The molecule has 0 aliphatic heterocycles. The Labute approximate surface area is 250 Å². The van der Waals surface area contributed by atoms with Crippen molar-refractivity contribution >= 4 is 0 Å². The smallest absolute Gasteiger partial charge is 0.00146 e. The van der Waals surface area contributed by atoms with Crippen LogP contribution < -0.4 is 0 Å². The summed E-state index contributed by atoms with van der Waals surface area (Å²) in [5.74, 6) is 0. The number of hydrogen-bond acceptors (Lipinski definition) is 0. The lowest BCUT2D eigenvalue weighted by atomic mass is 9.79. The second kappa shape index (κ2) is 10.9. The molecule has 0 amide bonds. The lowest BCUT2D eigenvalue weighted by Gasteiger charge is -2.25. The average molecular weight is 543 g/mol. The van der Waals surface area contributed by atoms with Gasteiger partial charge in [-0.05, 0) is 137 Å². The Morgan fingerprint density at radius 2 is 0.878 bits per heavy atom. The van der Waals surface area contributed by atoms with Crippen molar-refractivity contribution in [3.8, 4) is 0 Å². The number of benzene rings is 4. The van der Waals surface area contributed by atoms with Gasteiger partial charge in [-0.3, -0.25) is 0 Å². The summed E-state index contributed by atoms with van der Waals surface area (Å²) in [6.07, 6.45) is 5.26. The van der Waals surface area contributed by atoms with Gasteiger partial charge in [-0.15, -0.1) is 0 Å². The van der Waals surface area contributed by atoms with Gasteiger partial charge >= 0.3 is 0 Å². The first-order valence-corrected chi connectivity index (χ1v) is 15.6. The predicted octanol–water partition coefficient (Wildman–Crippen LogP) is 10.4. The lowest BCUT2D eigenvalue weighted by Crippen LogP contribution is -2.15. The molecule has 0 spiro atoms. The van der Waals surface area contributed by atoms with Crippen molar-refractivity contribution in [1.29, 1.82) is 0 Å². The molecule has 0 aromatic heterocycles. The van der Waals surface area contributed by atoms with E-state index in [1.54, 1.807) is 22.3 Å². The van der Waals surface area contributed by atoms with Gasteiger partial charge in [0.2, 0.25) is 0 Å². The minimum absolute atomic E-state index is 0.123. The second-order valence-electron chi connectivity index (χ2n) is 14.9. The van der Waals surface area contributed by atoms with Crippen LogP contribution in [-0.2, 0) is 42.9 Å². The first-order chi connectivity index (χ1) is 19.2. The standard InChI is InChI=1S/C41H50/c1-26-11-13-28(3)32(17-26)19-34-23-36(40(5,6)7)21-30-15-16-31-22-37(41(8,9)10)24-35(39(31)25-38(30)34)20-33-18-27(2)12-14-29(33)4/h11-14,17-18,21-24H,15-16,19-20,25H2,1-10H3. The summed E-state index contributed by atoms with van der Waals surface area (Å²) in [6, 6.07) is 24.0. The average Bonchev–Trinajstić information content (AvgIpc) is 3.07. The summed E-state index contributed by atoms with van der Waals surface area (Å²) < 4.78 is 0. The van der Waals surface area contributed by atoms with Crippen LogP contribution in [0.4, 0.5) is 0 Å². The van der Waals surface area contributed by atoms with Crippen molar-refractivity contribution in [2.75, 3.05) is 0 Å². The molecule has 0 unspecified atom stereocenters. The zero-order chi connectivity index (χ0) is 29.7. The molecule has 0 N–H and O–H groups in total. The molecule has 1 aliphatic rings. The lowest BCUT2D eigenvalue weighted by molar-refractivity contribution is 0.587. The summed E-state index contributed by atoms with van der Waals surface area (Å²) in [5.41, 5.74) is 20.9. The van der Waals surface area contributed by atoms with Gasteiger partial charge in [-0.1, -0.05) is 113 Å². The summed E-state index contributed by atoms with van der Waals surface area (Å²) in [5, 5.41) is 0. The summed E-state index contributed by atoms with van der Waals surface area (Å²) >= 11 is 0. The zero-order valence-corrected chi connectivity index (χ0v) is 27.3. The van der Waals surface area contributed by atoms with Gasteiger partial charge in [0.25, 0.3) is 0 Å². The molecule has 5 rings (SSSR count). The molecule has 4 aromatic rings. The Hall–Kier alpha value is -3.12. The van der Waals surface area contributed by atoms with Crippen LogP contribution in [0.25, 0.3) is 0 Å². The number of hydrogen-bond donors (Lipinski definition) is 0.